The summed E-state index contributed by atoms with van der Waals surface area (Å²) in [6.07, 6.45) is 1.80. The Bertz CT molecular complexity index is 705. The van der Waals surface area contributed by atoms with Gasteiger partial charge in [0.1, 0.15) is 11.4 Å². The summed E-state index contributed by atoms with van der Waals surface area (Å²) in [6.45, 7) is 1.88. The molecule has 1 fully saturated rings. The number of sulfonamides is 1. The van der Waals surface area contributed by atoms with Gasteiger partial charge in [0.25, 0.3) is 0 Å². The van der Waals surface area contributed by atoms with Crippen LogP contribution in [0.4, 0.5) is 0 Å². The number of nitrogens with zero attached hydrogens (tertiary/aromatic N) is 1. The number of hydrogen-bond acceptors (Lipinski definition) is 5. The first kappa shape index (κ1) is 14.5. The van der Waals surface area contributed by atoms with Crippen molar-refractivity contribution in [2.75, 3.05) is 19.8 Å². The van der Waals surface area contributed by atoms with Crippen molar-refractivity contribution in [3.8, 4) is 0 Å². The standard InChI is InChI=1S/C14H18N2O4S/c17-21(18,15-9-11-5-7-19-8-6-11)10-13-12-3-1-2-4-14(12)20-16-13/h1-4,11,15H,5-10H2. The van der Waals surface area contributed by atoms with E-state index in [9.17, 15) is 8.42 Å². The lowest BCUT2D eigenvalue weighted by Gasteiger charge is -2.21. The fraction of sp³-hybridized carbons (Fsp3) is 0.500. The van der Waals surface area contributed by atoms with Crippen molar-refractivity contribution in [2.24, 2.45) is 5.92 Å². The molecule has 7 heteroatoms. The molecule has 0 saturated carbocycles. The van der Waals surface area contributed by atoms with Crippen LogP contribution < -0.4 is 4.72 Å². The van der Waals surface area contributed by atoms with Crippen molar-refractivity contribution in [1.29, 1.82) is 0 Å². The van der Waals surface area contributed by atoms with Crippen LogP contribution >= 0.6 is 0 Å². The summed E-state index contributed by atoms with van der Waals surface area (Å²) in [4.78, 5) is 0. The van der Waals surface area contributed by atoms with Crippen LogP contribution in [0.2, 0.25) is 0 Å². The normalized spacial score (nSPS) is 17.3. The van der Waals surface area contributed by atoms with Crippen LogP contribution in [0.1, 0.15) is 18.5 Å². The molecule has 0 unspecified atom stereocenters. The summed E-state index contributed by atoms with van der Waals surface area (Å²) in [6, 6.07) is 7.25. The fourth-order valence-electron chi connectivity index (χ4n) is 2.47. The average molecular weight is 310 g/mol. The van der Waals surface area contributed by atoms with Crippen LogP contribution in [0.15, 0.2) is 28.8 Å². The lowest BCUT2D eigenvalue weighted by atomic mass is 10.0. The number of ether oxygens (including phenoxy) is 1. The smallest absolute Gasteiger partial charge is 0.217 e. The van der Waals surface area contributed by atoms with Gasteiger partial charge in [-0.3, -0.25) is 0 Å². The zero-order chi connectivity index (χ0) is 14.7. The Balaban J connectivity index is 1.65. The molecule has 2 heterocycles. The van der Waals surface area contributed by atoms with E-state index in [1.54, 1.807) is 6.07 Å². The van der Waals surface area contributed by atoms with Gasteiger partial charge in [-0.05, 0) is 30.9 Å². The molecule has 1 aromatic carbocycles. The number of rotatable bonds is 5. The summed E-state index contributed by atoms with van der Waals surface area (Å²) in [7, 11) is -3.41. The molecular weight excluding hydrogens is 292 g/mol. The van der Waals surface area contributed by atoms with E-state index in [4.69, 9.17) is 9.26 Å². The average Bonchev–Trinajstić information content (AvgIpc) is 2.89. The zero-order valence-corrected chi connectivity index (χ0v) is 12.4. The summed E-state index contributed by atoms with van der Waals surface area (Å²) in [5.41, 5.74) is 1.05. The van der Waals surface area contributed by atoms with E-state index >= 15 is 0 Å². The Morgan fingerprint density at radius 1 is 1.24 bits per heavy atom. The van der Waals surface area contributed by atoms with Gasteiger partial charge in [-0.25, -0.2) is 13.1 Å². The topological polar surface area (TPSA) is 81.4 Å². The van der Waals surface area contributed by atoms with Gasteiger partial charge in [-0.15, -0.1) is 0 Å². The first-order valence-corrected chi connectivity index (χ1v) is 8.68. The molecule has 1 aliphatic rings. The summed E-state index contributed by atoms with van der Waals surface area (Å²) in [5, 5.41) is 4.61. The van der Waals surface area contributed by atoms with Crippen LogP contribution in [0.5, 0.6) is 0 Å². The SMILES string of the molecule is O=S(=O)(Cc1noc2ccccc12)NCC1CCOCC1. The highest BCUT2D eigenvalue weighted by Gasteiger charge is 2.20. The van der Waals surface area contributed by atoms with E-state index in [-0.39, 0.29) is 5.75 Å². The molecule has 2 aromatic rings. The summed E-state index contributed by atoms with van der Waals surface area (Å²) in [5.74, 6) is 0.190. The molecule has 6 nitrogen and oxygen atoms in total. The minimum absolute atomic E-state index is 0.159. The Kier molecular flexibility index (Phi) is 4.23. The number of benzene rings is 1. The van der Waals surface area contributed by atoms with E-state index in [0.29, 0.717) is 37.0 Å². The second kappa shape index (κ2) is 6.13. The van der Waals surface area contributed by atoms with Gasteiger partial charge in [-0.1, -0.05) is 17.3 Å². The lowest BCUT2D eigenvalue weighted by Crippen LogP contribution is -2.33. The van der Waals surface area contributed by atoms with Gasteiger partial charge in [0.05, 0.1) is 0 Å². The molecule has 21 heavy (non-hydrogen) atoms. The predicted octanol–water partition coefficient (Wildman–Crippen LogP) is 1.67. The van der Waals surface area contributed by atoms with E-state index in [0.717, 1.165) is 18.2 Å². The molecule has 3 rings (SSSR count). The number of fused-ring (bicyclic) bond motifs is 1. The number of nitrogens with one attached hydrogen (secondary N) is 1. The van der Waals surface area contributed by atoms with E-state index in [1.165, 1.54) is 0 Å². The van der Waals surface area contributed by atoms with Gasteiger partial charge >= 0.3 is 0 Å². The molecule has 1 aromatic heterocycles. The molecular formula is C14H18N2O4S. The highest BCUT2D eigenvalue weighted by Crippen LogP contribution is 2.20. The van der Waals surface area contributed by atoms with Crippen molar-refractivity contribution in [3.63, 3.8) is 0 Å². The monoisotopic (exact) mass is 310 g/mol. The van der Waals surface area contributed by atoms with Crippen molar-refractivity contribution >= 4 is 21.0 Å². The third-order valence-corrected chi connectivity index (χ3v) is 4.97. The predicted molar refractivity (Wildman–Crippen MR) is 78.2 cm³/mol. The Morgan fingerprint density at radius 3 is 2.81 bits per heavy atom. The van der Waals surface area contributed by atoms with Crippen LogP contribution in [-0.4, -0.2) is 33.3 Å². The van der Waals surface area contributed by atoms with Crippen LogP contribution in [0, 0.1) is 5.92 Å². The number of para-hydroxylation sites is 1. The summed E-state index contributed by atoms with van der Waals surface area (Å²) < 4.78 is 37.4. The second-order valence-corrected chi connectivity index (χ2v) is 7.10. The molecule has 1 aliphatic heterocycles. The van der Waals surface area contributed by atoms with Gasteiger partial charge in [-0.2, -0.15) is 0 Å². The minimum atomic E-state index is -3.41. The van der Waals surface area contributed by atoms with Gasteiger partial charge in [0.2, 0.25) is 10.0 Å². The van der Waals surface area contributed by atoms with Crippen LogP contribution in [-0.2, 0) is 20.5 Å². The van der Waals surface area contributed by atoms with Crippen LogP contribution in [0.3, 0.4) is 0 Å². The molecule has 114 valence electrons. The third kappa shape index (κ3) is 3.61. The Morgan fingerprint density at radius 2 is 2.00 bits per heavy atom. The van der Waals surface area contributed by atoms with Crippen molar-refractivity contribution in [2.45, 2.75) is 18.6 Å². The highest BCUT2D eigenvalue weighted by atomic mass is 32.2. The first-order valence-electron chi connectivity index (χ1n) is 7.02. The molecule has 0 spiro atoms. The second-order valence-electron chi connectivity index (χ2n) is 5.29. The Labute approximate surface area is 123 Å². The molecule has 0 radical (unpaired) electrons. The fourth-order valence-corrected chi connectivity index (χ4v) is 3.63. The molecule has 0 atom stereocenters. The molecule has 0 amide bonds. The minimum Gasteiger partial charge on any atom is -0.381 e. The molecule has 0 bridgehead atoms. The van der Waals surface area contributed by atoms with E-state index in [1.807, 2.05) is 18.2 Å². The summed E-state index contributed by atoms with van der Waals surface area (Å²) >= 11 is 0. The third-order valence-electron chi connectivity index (χ3n) is 3.71. The Hall–Kier alpha value is -1.44. The van der Waals surface area contributed by atoms with E-state index < -0.39 is 10.0 Å². The number of hydrogen-bond donors (Lipinski definition) is 1. The van der Waals surface area contributed by atoms with Crippen molar-refractivity contribution in [1.82, 2.24) is 9.88 Å². The van der Waals surface area contributed by atoms with E-state index in [2.05, 4.69) is 9.88 Å². The molecule has 0 aliphatic carbocycles. The molecule has 1 saturated heterocycles. The van der Waals surface area contributed by atoms with Gasteiger partial charge in [0, 0.05) is 25.1 Å². The van der Waals surface area contributed by atoms with Gasteiger partial charge in [0.15, 0.2) is 5.58 Å². The number of aromatic nitrogens is 1. The maximum atomic E-state index is 12.2. The van der Waals surface area contributed by atoms with Crippen molar-refractivity contribution in [3.05, 3.63) is 30.0 Å². The largest absolute Gasteiger partial charge is 0.381 e. The molecule has 1 N–H and O–H groups in total. The van der Waals surface area contributed by atoms with Crippen LogP contribution in [0.25, 0.3) is 11.0 Å². The lowest BCUT2D eigenvalue weighted by molar-refractivity contribution is 0.0678. The zero-order valence-electron chi connectivity index (χ0n) is 11.6. The highest BCUT2D eigenvalue weighted by molar-refractivity contribution is 7.88. The maximum absolute atomic E-state index is 12.2. The maximum Gasteiger partial charge on any atom is 0.217 e. The quantitative estimate of drug-likeness (QED) is 0.908. The van der Waals surface area contributed by atoms with Crippen molar-refractivity contribution < 1.29 is 17.7 Å². The van der Waals surface area contributed by atoms with Gasteiger partial charge < -0.3 is 9.26 Å². The first-order chi connectivity index (χ1) is 10.1.